The molecule has 0 aromatic carbocycles. The van der Waals surface area contributed by atoms with Crippen LogP contribution < -0.4 is 11.1 Å². The number of hydrogen-bond acceptors (Lipinski definition) is 12. The predicted molar refractivity (Wildman–Crippen MR) is 138 cm³/mol. The number of amides is 2. The molecule has 2 amide bonds. The molecule has 6 N–H and O–H groups in total. The molecule has 3 aliphatic rings. The minimum absolute atomic E-state index is 0.0492. The molecule has 0 aliphatic carbocycles. The molecule has 2 fully saturated rings. The van der Waals surface area contributed by atoms with Crippen molar-refractivity contribution in [3.63, 3.8) is 0 Å². The van der Waals surface area contributed by atoms with Crippen LogP contribution in [-0.4, -0.2) is 102 Å². The highest BCUT2D eigenvalue weighted by Crippen LogP contribution is 2.41. The third-order valence-corrected chi connectivity index (χ3v) is 9.26. The van der Waals surface area contributed by atoms with E-state index in [4.69, 9.17) is 22.4 Å². The van der Waals surface area contributed by atoms with Crippen LogP contribution in [0.2, 0.25) is 4.34 Å². The monoisotopic (exact) mass is 574 g/mol. The molecule has 3 atom stereocenters. The summed E-state index contributed by atoms with van der Waals surface area (Å²) in [5.74, 6) is -2.39. The summed E-state index contributed by atoms with van der Waals surface area (Å²) in [6.45, 7) is 2.51. The molecular weight excluding hydrogens is 552 g/mol. The number of hydrogen-bond donors (Lipinski definition) is 5. The maximum absolute atomic E-state index is 12.9. The summed E-state index contributed by atoms with van der Waals surface area (Å²) in [7, 11) is 0. The Morgan fingerprint density at radius 1 is 1.42 bits per heavy atom. The van der Waals surface area contributed by atoms with Gasteiger partial charge in [-0.25, -0.2) is 9.78 Å². The van der Waals surface area contributed by atoms with Gasteiger partial charge >= 0.3 is 5.97 Å². The lowest BCUT2D eigenvalue weighted by Crippen LogP contribution is -2.71. The first-order valence-corrected chi connectivity index (χ1v) is 13.9. The predicted octanol–water partition coefficient (Wildman–Crippen LogP) is 0.609. The van der Waals surface area contributed by atoms with Gasteiger partial charge in [-0.2, -0.15) is 0 Å². The number of aliphatic hydroxyl groups excluding tert-OH is 1. The number of likely N-dealkylation sites (tertiary alicyclic amines) is 1. The Bertz CT molecular complexity index is 1160. The van der Waals surface area contributed by atoms with Crippen molar-refractivity contribution in [2.45, 2.75) is 23.1 Å². The molecule has 0 spiro atoms. The van der Waals surface area contributed by atoms with Crippen LogP contribution in [0.15, 0.2) is 27.9 Å². The number of thioether (sulfide) groups is 2. The lowest BCUT2D eigenvalue weighted by molar-refractivity contribution is -0.150. The molecule has 4 rings (SSSR count). The van der Waals surface area contributed by atoms with Crippen LogP contribution in [-0.2, 0) is 14.4 Å². The third-order valence-electron chi connectivity index (χ3n) is 5.81. The van der Waals surface area contributed by atoms with E-state index < -0.39 is 34.9 Å². The number of β-lactam (4-membered cyclic amide) rings is 1. The Morgan fingerprint density at radius 2 is 2.19 bits per heavy atom. The fourth-order valence-electron chi connectivity index (χ4n) is 4.13. The van der Waals surface area contributed by atoms with Gasteiger partial charge in [0, 0.05) is 24.1 Å². The SMILES string of the molecule is Nc1nc(/C(=N/O)C(=O)N[C@@H]2C(=O)N3C(C(=O)O)=C(C=CS[C@H]4CCN(CCO)C4)CS[C@H]23)c(Cl)s1. The summed E-state index contributed by atoms with van der Waals surface area (Å²) in [6.07, 6.45) is 2.69. The van der Waals surface area contributed by atoms with Gasteiger partial charge in [-0.05, 0) is 30.0 Å². The number of halogens is 1. The van der Waals surface area contributed by atoms with Crippen LogP contribution in [0.5, 0.6) is 0 Å². The number of aliphatic carboxylic acids is 1. The standard InChI is InChI=1S/C20H23ClN6O6S3/c21-15-11(24-20(22)36-15)12(25-33)16(29)23-13-17(30)27-14(19(31)32)9(8-35-18(13)27)2-6-34-10-1-3-26(7-10)4-5-28/h2,6,10,13,18,28,33H,1,3-5,7-8H2,(H2,22,24)(H,23,29)(H,31,32)/b6-2?,25-12-/t10-,13+,18+/m0/s1. The number of β-amino-alcohol motifs (C(OH)–C–C–N with tert-alkyl or cyclic N) is 1. The Labute approximate surface area is 223 Å². The summed E-state index contributed by atoms with van der Waals surface area (Å²) in [5, 5.41) is 35.3. The van der Waals surface area contributed by atoms with Gasteiger partial charge in [0.25, 0.3) is 11.8 Å². The number of carbonyl (C=O) groups excluding carboxylic acids is 2. The van der Waals surface area contributed by atoms with Crippen LogP contribution in [0.3, 0.4) is 0 Å². The van der Waals surface area contributed by atoms with Crippen molar-refractivity contribution in [1.29, 1.82) is 0 Å². The van der Waals surface area contributed by atoms with Crippen LogP contribution in [0.25, 0.3) is 0 Å². The Morgan fingerprint density at radius 3 is 2.83 bits per heavy atom. The van der Waals surface area contributed by atoms with E-state index in [2.05, 4.69) is 20.4 Å². The number of allylic oxidation sites excluding steroid dienone is 1. The zero-order valence-corrected chi connectivity index (χ0v) is 21.9. The molecule has 4 heterocycles. The molecule has 0 radical (unpaired) electrons. The van der Waals surface area contributed by atoms with Gasteiger partial charge in [0.1, 0.15) is 27.1 Å². The number of nitrogens with one attached hydrogen (secondary N) is 1. The molecule has 0 unspecified atom stereocenters. The van der Waals surface area contributed by atoms with Gasteiger partial charge in [-0.15, -0.1) is 23.5 Å². The smallest absolute Gasteiger partial charge is 0.352 e. The fraction of sp³-hybridized carbons (Fsp3) is 0.450. The van der Waals surface area contributed by atoms with Crippen molar-refractivity contribution in [2.75, 3.05) is 37.7 Å². The van der Waals surface area contributed by atoms with Crippen molar-refractivity contribution in [3.05, 3.63) is 32.8 Å². The maximum Gasteiger partial charge on any atom is 0.352 e. The molecular formula is C20H23ClN6O6S3. The Kier molecular flexibility index (Phi) is 8.47. The van der Waals surface area contributed by atoms with Crippen molar-refractivity contribution < 1.29 is 29.8 Å². The zero-order valence-electron chi connectivity index (χ0n) is 18.7. The maximum atomic E-state index is 12.9. The van der Waals surface area contributed by atoms with Crippen LogP contribution in [0, 0.1) is 0 Å². The van der Waals surface area contributed by atoms with Crippen molar-refractivity contribution >= 4 is 75.1 Å². The van der Waals surface area contributed by atoms with Crippen molar-refractivity contribution in [2.24, 2.45) is 5.16 Å². The number of nitrogens with zero attached hydrogens (tertiary/aromatic N) is 4. The number of fused-ring (bicyclic) bond motifs is 1. The molecule has 0 bridgehead atoms. The second-order valence-electron chi connectivity index (χ2n) is 8.04. The summed E-state index contributed by atoms with van der Waals surface area (Å²) in [6, 6.07) is -1.01. The number of thiazole rings is 1. The number of rotatable bonds is 9. The summed E-state index contributed by atoms with van der Waals surface area (Å²) < 4.78 is 0.0492. The Balaban J connectivity index is 1.42. The van der Waals surface area contributed by atoms with E-state index in [1.54, 1.807) is 17.8 Å². The first kappa shape index (κ1) is 26.8. The molecule has 1 aromatic heterocycles. The molecule has 3 aliphatic heterocycles. The highest BCUT2D eigenvalue weighted by atomic mass is 35.5. The van der Waals surface area contributed by atoms with Gasteiger partial charge in [-0.3, -0.25) is 19.4 Å². The second kappa shape index (κ2) is 11.4. The molecule has 16 heteroatoms. The van der Waals surface area contributed by atoms with Gasteiger partial charge in [0.15, 0.2) is 10.8 Å². The van der Waals surface area contributed by atoms with E-state index in [-0.39, 0.29) is 27.5 Å². The van der Waals surface area contributed by atoms with E-state index in [0.717, 1.165) is 35.7 Å². The normalized spacial score (nSPS) is 24.8. The molecule has 2 saturated heterocycles. The van der Waals surface area contributed by atoms with E-state index in [1.807, 2.05) is 5.41 Å². The third kappa shape index (κ3) is 5.35. The van der Waals surface area contributed by atoms with E-state index >= 15 is 0 Å². The zero-order chi connectivity index (χ0) is 26.0. The largest absolute Gasteiger partial charge is 0.477 e. The molecule has 0 saturated carbocycles. The number of oxime groups is 1. The first-order chi connectivity index (χ1) is 17.2. The van der Waals surface area contributed by atoms with E-state index in [1.165, 1.54) is 11.8 Å². The number of carbonyl (C=O) groups is 3. The summed E-state index contributed by atoms with van der Waals surface area (Å²) in [5.41, 5.74) is 5.34. The quantitative estimate of drug-likeness (QED) is 0.121. The summed E-state index contributed by atoms with van der Waals surface area (Å²) >= 11 is 9.80. The van der Waals surface area contributed by atoms with Crippen LogP contribution in [0.1, 0.15) is 12.1 Å². The number of aromatic nitrogens is 1. The highest BCUT2D eigenvalue weighted by Gasteiger charge is 2.54. The lowest BCUT2D eigenvalue weighted by Gasteiger charge is -2.49. The number of nitrogens with two attached hydrogens (primary N) is 1. The number of carboxylic acids is 1. The van der Waals surface area contributed by atoms with Crippen molar-refractivity contribution in [3.8, 4) is 0 Å². The van der Waals surface area contributed by atoms with Crippen LogP contribution >= 0.6 is 46.5 Å². The minimum Gasteiger partial charge on any atom is -0.477 e. The molecule has 194 valence electrons. The minimum atomic E-state index is -1.24. The van der Waals surface area contributed by atoms with Gasteiger partial charge in [-0.1, -0.05) is 28.1 Å². The number of anilines is 1. The number of nitrogen functional groups attached to an aromatic ring is 1. The Hall–Kier alpha value is -2.30. The number of aliphatic hydroxyl groups is 1. The van der Waals surface area contributed by atoms with Crippen molar-refractivity contribution in [1.82, 2.24) is 20.1 Å². The molecule has 36 heavy (non-hydrogen) atoms. The van der Waals surface area contributed by atoms with E-state index in [0.29, 0.717) is 23.1 Å². The average Bonchev–Trinajstić information content (AvgIpc) is 3.42. The molecule has 12 nitrogen and oxygen atoms in total. The van der Waals surface area contributed by atoms with Crippen LogP contribution in [0.4, 0.5) is 5.13 Å². The van der Waals surface area contributed by atoms with Gasteiger partial charge < -0.3 is 26.5 Å². The van der Waals surface area contributed by atoms with Gasteiger partial charge in [0.05, 0.1) is 6.61 Å². The van der Waals surface area contributed by atoms with Gasteiger partial charge in [0.2, 0.25) is 0 Å². The second-order valence-corrected chi connectivity index (χ2v) is 12.0. The number of carboxylic acid groups (broad SMARTS) is 1. The molecule has 1 aromatic rings. The first-order valence-electron chi connectivity index (χ1n) is 10.8. The topological polar surface area (TPSA) is 182 Å². The van der Waals surface area contributed by atoms with E-state index in [9.17, 15) is 24.7 Å². The lowest BCUT2D eigenvalue weighted by atomic mass is 10.0. The average molecular weight is 575 g/mol. The summed E-state index contributed by atoms with van der Waals surface area (Å²) in [4.78, 5) is 44.8. The highest BCUT2D eigenvalue weighted by molar-refractivity contribution is 8.02. The fourth-order valence-corrected chi connectivity index (χ4v) is 7.38.